The Morgan fingerprint density at radius 1 is 1.38 bits per heavy atom. The fraction of sp³-hybridized carbons (Fsp3) is 0.417. The van der Waals surface area contributed by atoms with Crippen molar-refractivity contribution in [1.29, 1.82) is 0 Å². The van der Waals surface area contributed by atoms with Crippen LogP contribution in [-0.4, -0.2) is 22.7 Å². The third kappa shape index (κ3) is 2.69. The van der Waals surface area contributed by atoms with Crippen LogP contribution in [0.5, 0.6) is 0 Å². The van der Waals surface area contributed by atoms with Crippen molar-refractivity contribution in [1.82, 2.24) is 4.90 Å². The van der Waals surface area contributed by atoms with Gasteiger partial charge in [-0.15, -0.1) is 11.6 Å². The van der Waals surface area contributed by atoms with Gasteiger partial charge < -0.3 is 4.90 Å². The van der Waals surface area contributed by atoms with E-state index in [-0.39, 0.29) is 11.8 Å². The van der Waals surface area contributed by atoms with E-state index in [0.717, 1.165) is 18.4 Å². The first kappa shape index (κ1) is 11.7. The SMILES string of the molecule is O=C(CCl)N(Cc1ccccc1Cl)C1CC1. The Morgan fingerprint density at radius 3 is 2.62 bits per heavy atom. The lowest BCUT2D eigenvalue weighted by Crippen LogP contribution is -2.33. The highest BCUT2D eigenvalue weighted by molar-refractivity contribution is 6.31. The fourth-order valence-electron chi connectivity index (χ4n) is 1.69. The van der Waals surface area contributed by atoms with Crippen LogP contribution < -0.4 is 0 Å². The standard InChI is InChI=1S/C12H13Cl2NO/c13-7-12(16)15(10-5-6-10)8-9-3-1-2-4-11(9)14/h1-4,10H,5-8H2. The van der Waals surface area contributed by atoms with E-state index in [9.17, 15) is 4.79 Å². The molecule has 1 aliphatic rings. The van der Waals surface area contributed by atoms with E-state index in [1.165, 1.54) is 0 Å². The maximum Gasteiger partial charge on any atom is 0.238 e. The van der Waals surface area contributed by atoms with Gasteiger partial charge in [-0.05, 0) is 24.5 Å². The van der Waals surface area contributed by atoms with Gasteiger partial charge >= 0.3 is 0 Å². The molecule has 0 aliphatic heterocycles. The zero-order chi connectivity index (χ0) is 11.5. The number of amides is 1. The van der Waals surface area contributed by atoms with Crippen LogP contribution in [0.15, 0.2) is 24.3 Å². The van der Waals surface area contributed by atoms with E-state index in [0.29, 0.717) is 17.6 Å². The molecule has 0 N–H and O–H groups in total. The number of hydrogen-bond acceptors (Lipinski definition) is 1. The molecule has 0 aromatic heterocycles. The third-order valence-electron chi connectivity index (χ3n) is 2.72. The molecule has 1 aromatic carbocycles. The minimum Gasteiger partial charge on any atom is -0.334 e. The molecule has 1 fully saturated rings. The number of rotatable bonds is 4. The number of nitrogens with zero attached hydrogens (tertiary/aromatic N) is 1. The highest BCUT2D eigenvalue weighted by Gasteiger charge is 2.32. The van der Waals surface area contributed by atoms with Crippen LogP contribution in [0.4, 0.5) is 0 Å². The summed E-state index contributed by atoms with van der Waals surface area (Å²) >= 11 is 11.7. The molecule has 0 unspecified atom stereocenters. The van der Waals surface area contributed by atoms with Crippen molar-refractivity contribution in [2.75, 3.05) is 5.88 Å². The van der Waals surface area contributed by atoms with E-state index < -0.39 is 0 Å². The molecule has 2 nitrogen and oxygen atoms in total. The second-order valence-corrected chi connectivity index (χ2v) is 4.65. The Balaban J connectivity index is 2.11. The zero-order valence-corrected chi connectivity index (χ0v) is 10.3. The van der Waals surface area contributed by atoms with Gasteiger partial charge in [-0.3, -0.25) is 4.79 Å². The van der Waals surface area contributed by atoms with E-state index in [4.69, 9.17) is 23.2 Å². The summed E-state index contributed by atoms with van der Waals surface area (Å²) in [4.78, 5) is 13.5. The maximum absolute atomic E-state index is 11.7. The van der Waals surface area contributed by atoms with Gasteiger partial charge in [0.15, 0.2) is 0 Å². The van der Waals surface area contributed by atoms with E-state index in [1.54, 1.807) is 0 Å². The van der Waals surface area contributed by atoms with Gasteiger partial charge in [0.05, 0.1) is 0 Å². The summed E-state index contributed by atoms with van der Waals surface area (Å²) in [6.07, 6.45) is 2.15. The molecule has 4 heteroatoms. The molecule has 16 heavy (non-hydrogen) atoms. The molecule has 0 bridgehead atoms. The quantitative estimate of drug-likeness (QED) is 0.760. The molecule has 0 atom stereocenters. The molecule has 1 saturated carbocycles. The Bertz CT molecular complexity index is 390. The number of carbonyl (C=O) groups excluding carboxylic acids is 1. The van der Waals surface area contributed by atoms with Gasteiger partial charge in [0.25, 0.3) is 0 Å². The summed E-state index contributed by atoms with van der Waals surface area (Å²) in [5.41, 5.74) is 0.981. The van der Waals surface area contributed by atoms with Gasteiger partial charge in [0, 0.05) is 17.6 Å². The van der Waals surface area contributed by atoms with Crippen molar-refractivity contribution < 1.29 is 4.79 Å². The van der Waals surface area contributed by atoms with Crippen LogP contribution in [-0.2, 0) is 11.3 Å². The molecular formula is C12H13Cl2NO. The largest absolute Gasteiger partial charge is 0.334 e. The predicted octanol–water partition coefficient (Wildman–Crippen LogP) is 3.07. The molecule has 0 heterocycles. The summed E-state index contributed by atoms with van der Waals surface area (Å²) < 4.78 is 0. The number of halogens is 2. The smallest absolute Gasteiger partial charge is 0.238 e. The second-order valence-electron chi connectivity index (χ2n) is 3.98. The molecule has 1 aliphatic carbocycles. The lowest BCUT2D eigenvalue weighted by Gasteiger charge is -2.22. The topological polar surface area (TPSA) is 20.3 Å². The van der Waals surface area contributed by atoms with Gasteiger partial charge in [-0.25, -0.2) is 0 Å². The molecule has 0 spiro atoms. The Morgan fingerprint density at radius 2 is 2.06 bits per heavy atom. The number of hydrogen-bond donors (Lipinski definition) is 0. The molecular weight excluding hydrogens is 245 g/mol. The number of carbonyl (C=O) groups is 1. The van der Waals surface area contributed by atoms with Crippen LogP contribution in [0, 0.1) is 0 Å². The van der Waals surface area contributed by atoms with E-state index >= 15 is 0 Å². The average molecular weight is 258 g/mol. The predicted molar refractivity (Wildman–Crippen MR) is 65.7 cm³/mol. The van der Waals surface area contributed by atoms with Crippen molar-refractivity contribution in [3.63, 3.8) is 0 Å². The monoisotopic (exact) mass is 257 g/mol. The maximum atomic E-state index is 11.7. The van der Waals surface area contributed by atoms with Crippen molar-refractivity contribution in [2.24, 2.45) is 0 Å². The minimum absolute atomic E-state index is 0.0101. The van der Waals surface area contributed by atoms with Gasteiger partial charge in [-0.1, -0.05) is 29.8 Å². The first-order chi connectivity index (χ1) is 7.72. The lowest BCUT2D eigenvalue weighted by molar-refractivity contribution is -0.129. The molecule has 1 amide bonds. The van der Waals surface area contributed by atoms with Crippen molar-refractivity contribution in [3.05, 3.63) is 34.9 Å². The highest BCUT2D eigenvalue weighted by atomic mass is 35.5. The highest BCUT2D eigenvalue weighted by Crippen LogP contribution is 2.29. The molecule has 1 aromatic rings. The van der Waals surface area contributed by atoms with E-state index in [1.807, 2.05) is 29.2 Å². The van der Waals surface area contributed by atoms with E-state index in [2.05, 4.69) is 0 Å². The summed E-state index contributed by atoms with van der Waals surface area (Å²) in [6.45, 7) is 0.565. The Kier molecular flexibility index (Phi) is 3.72. The Labute approximate surface area is 105 Å². The van der Waals surface area contributed by atoms with Crippen LogP contribution >= 0.6 is 23.2 Å². The molecule has 86 valence electrons. The normalized spacial score (nSPS) is 14.9. The Hall–Kier alpha value is -0.730. The molecule has 0 saturated heterocycles. The zero-order valence-electron chi connectivity index (χ0n) is 8.83. The average Bonchev–Trinajstić information content (AvgIpc) is 3.11. The second kappa shape index (κ2) is 5.07. The minimum atomic E-state index is -0.0101. The fourth-order valence-corrected chi connectivity index (χ4v) is 2.04. The molecule has 0 radical (unpaired) electrons. The van der Waals surface area contributed by atoms with Crippen LogP contribution in [0.1, 0.15) is 18.4 Å². The summed E-state index contributed by atoms with van der Waals surface area (Å²) in [5.74, 6) is 0.0325. The van der Waals surface area contributed by atoms with Crippen LogP contribution in [0.2, 0.25) is 5.02 Å². The third-order valence-corrected chi connectivity index (χ3v) is 3.32. The van der Waals surface area contributed by atoms with Gasteiger partial charge in [-0.2, -0.15) is 0 Å². The lowest BCUT2D eigenvalue weighted by atomic mass is 10.2. The van der Waals surface area contributed by atoms with Crippen molar-refractivity contribution >= 4 is 29.1 Å². The number of alkyl halides is 1. The van der Waals surface area contributed by atoms with Crippen LogP contribution in [0.3, 0.4) is 0 Å². The van der Waals surface area contributed by atoms with Crippen LogP contribution in [0.25, 0.3) is 0 Å². The summed E-state index contributed by atoms with van der Waals surface area (Å²) in [6, 6.07) is 7.96. The van der Waals surface area contributed by atoms with Gasteiger partial charge in [0.1, 0.15) is 5.88 Å². The van der Waals surface area contributed by atoms with Gasteiger partial charge in [0.2, 0.25) is 5.91 Å². The van der Waals surface area contributed by atoms with Crippen molar-refractivity contribution in [3.8, 4) is 0 Å². The van der Waals surface area contributed by atoms with Crippen molar-refractivity contribution in [2.45, 2.75) is 25.4 Å². The summed E-state index contributed by atoms with van der Waals surface area (Å²) in [7, 11) is 0. The number of benzene rings is 1. The summed E-state index contributed by atoms with van der Waals surface area (Å²) in [5, 5.41) is 0.704. The molecule has 2 rings (SSSR count). The first-order valence-corrected chi connectivity index (χ1v) is 6.22. The first-order valence-electron chi connectivity index (χ1n) is 5.31.